The molecule has 7 heteroatoms. The first kappa shape index (κ1) is 19.3. The summed E-state index contributed by atoms with van der Waals surface area (Å²) in [7, 11) is 0. The van der Waals surface area contributed by atoms with Gasteiger partial charge in [0.15, 0.2) is 0 Å². The van der Waals surface area contributed by atoms with E-state index >= 15 is 0 Å². The fourth-order valence-electron chi connectivity index (χ4n) is 4.43. The number of amides is 2. The lowest BCUT2D eigenvalue weighted by Gasteiger charge is -2.42. The Kier molecular flexibility index (Phi) is 6.20. The van der Waals surface area contributed by atoms with E-state index in [9.17, 15) is 9.59 Å². The molecule has 1 atom stereocenters. The van der Waals surface area contributed by atoms with Crippen molar-refractivity contribution in [2.24, 2.45) is 5.92 Å². The lowest BCUT2D eigenvalue weighted by molar-refractivity contribution is -0.133. The molecule has 1 aromatic rings. The van der Waals surface area contributed by atoms with E-state index in [2.05, 4.69) is 20.2 Å². The monoisotopic (exact) mass is 385 g/mol. The number of nitrogens with one attached hydrogen (secondary N) is 1. The first-order chi connectivity index (χ1) is 13.7. The second-order valence-electron chi connectivity index (χ2n) is 8.43. The number of carbonyl (C=O) groups excluding carboxylic acids is 2. The van der Waals surface area contributed by atoms with Crippen molar-refractivity contribution in [1.82, 2.24) is 25.1 Å². The fourth-order valence-corrected chi connectivity index (χ4v) is 4.43. The molecule has 1 aliphatic carbocycles. The average Bonchev–Trinajstić information content (AvgIpc) is 3.57. The second kappa shape index (κ2) is 8.99. The Bertz CT molecular complexity index is 671. The molecule has 152 valence electrons. The molecule has 2 amide bonds. The summed E-state index contributed by atoms with van der Waals surface area (Å²) >= 11 is 0. The zero-order valence-electron chi connectivity index (χ0n) is 16.6. The van der Waals surface area contributed by atoms with Crippen LogP contribution in [0.5, 0.6) is 0 Å². The van der Waals surface area contributed by atoms with Crippen LogP contribution in [-0.4, -0.2) is 69.8 Å². The first-order valence-electron chi connectivity index (χ1n) is 10.8. The molecular weight excluding hydrogens is 354 g/mol. The van der Waals surface area contributed by atoms with Crippen molar-refractivity contribution in [3.63, 3.8) is 0 Å². The van der Waals surface area contributed by atoms with Crippen LogP contribution >= 0.6 is 0 Å². The van der Waals surface area contributed by atoms with Gasteiger partial charge < -0.3 is 10.2 Å². The fraction of sp³-hybridized carbons (Fsp3) is 0.714. The maximum Gasteiger partial charge on any atom is 0.224 e. The number of aromatic nitrogens is 2. The number of likely N-dealkylation sites (tertiary alicyclic amines) is 2. The van der Waals surface area contributed by atoms with Gasteiger partial charge in [-0.1, -0.05) is 0 Å². The number of piperidine rings is 2. The largest absolute Gasteiger partial charge is 0.353 e. The van der Waals surface area contributed by atoms with Gasteiger partial charge in [-0.2, -0.15) is 0 Å². The first-order valence-corrected chi connectivity index (χ1v) is 10.8. The SMILES string of the molecule is O=C(NC1CC1)[C@@H]1CCCN(C2CCN(C(=O)CCc3cnccn3)CC2)C1. The summed E-state index contributed by atoms with van der Waals surface area (Å²) < 4.78 is 0. The van der Waals surface area contributed by atoms with E-state index < -0.39 is 0 Å². The minimum absolute atomic E-state index is 0.140. The quantitative estimate of drug-likeness (QED) is 0.801. The lowest BCUT2D eigenvalue weighted by Crippen LogP contribution is -2.51. The summed E-state index contributed by atoms with van der Waals surface area (Å²) in [5.74, 6) is 0.606. The molecule has 2 aliphatic heterocycles. The van der Waals surface area contributed by atoms with Crippen LogP contribution in [0.1, 0.15) is 50.6 Å². The lowest BCUT2D eigenvalue weighted by atomic mass is 9.93. The summed E-state index contributed by atoms with van der Waals surface area (Å²) in [5.41, 5.74) is 0.870. The van der Waals surface area contributed by atoms with E-state index in [1.54, 1.807) is 18.6 Å². The van der Waals surface area contributed by atoms with Crippen molar-refractivity contribution < 1.29 is 9.59 Å². The molecule has 0 radical (unpaired) electrons. The molecule has 4 rings (SSSR count). The average molecular weight is 386 g/mol. The van der Waals surface area contributed by atoms with Crippen molar-refractivity contribution in [3.05, 3.63) is 24.3 Å². The Morgan fingerprint density at radius 2 is 1.89 bits per heavy atom. The summed E-state index contributed by atoms with van der Waals surface area (Å²) in [6.07, 6.45) is 12.6. The van der Waals surface area contributed by atoms with Gasteiger partial charge in [0.1, 0.15) is 0 Å². The maximum absolute atomic E-state index is 12.5. The Labute approximate surface area is 166 Å². The number of nitrogens with zero attached hydrogens (tertiary/aromatic N) is 4. The number of carbonyl (C=O) groups is 2. The van der Waals surface area contributed by atoms with E-state index in [-0.39, 0.29) is 17.7 Å². The molecule has 7 nitrogen and oxygen atoms in total. The molecule has 3 aliphatic rings. The summed E-state index contributed by atoms with van der Waals surface area (Å²) in [6.45, 7) is 3.60. The van der Waals surface area contributed by atoms with Gasteiger partial charge in [-0.15, -0.1) is 0 Å². The third-order valence-corrected chi connectivity index (χ3v) is 6.29. The number of aryl methyl sites for hydroxylation is 1. The van der Waals surface area contributed by atoms with Gasteiger partial charge >= 0.3 is 0 Å². The predicted octanol–water partition coefficient (Wildman–Crippen LogP) is 1.39. The molecule has 1 aromatic heterocycles. The van der Waals surface area contributed by atoms with Gasteiger partial charge in [0.2, 0.25) is 11.8 Å². The van der Waals surface area contributed by atoms with Crippen LogP contribution < -0.4 is 5.32 Å². The highest BCUT2D eigenvalue weighted by Crippen LogP contribution is 2.26. The zero-order valence-corrected chi connectivity index (χ0v) is 16.6. The van der Waals surface area contributed by atoms with Crippen molar-refractivity contribution in [1.29, 1.82) is 0 Å². The molecule has 3 heterocycles. The third-order valence-electron chi connectivity index (χ3n) is 6.29. The molecule has 2 saturated heterocycles. The van der Waals surface area contributed by atoms with Gasteiger partial charge in [-0.3, -0.25) is 24.5 Å². The topological polar surface area (TPSA) is 78.4 Å². The van der Waals surface area contributed by atoms with Gasteiger partial charge in [-0.05, 0) is 51.5 Å². The van der Waals surface area contributed by atoms with Crippen LogP contribution in [0.3, 0.4) is 0 Å². The molecule has 0 spiro atoms. The number of hydrogen-bond acceptors (Lipinski definition) is 5. The smallest absolute Gasteiger partial charge is 0.224 e. The van der Waals surface area contributed by atoms with E-state index in [1.165, 1.54) is 0 Å². The predicted molar refractivity (Wildman–Crippen MR) is 105 cm³/mol. The van der Waals surface area contributed by atoms with Crippen LogP contribution in [-0.2, 0) is 16.0 Å². The number of hydrogen-bond donors (Lipinski definition) is 1. The van der Waals surface area contributed by atoms with Crippen molar-refractivity contribution >= 4 is 11.8 Å². The molecule has 0 bridgehead atoms. The van der Waals surface area contributed by atoms with E-state index in [4.69, 9.17) is 0 Å². The van der Waals surface area contributed by atoms with Crippen molar-refractivity contribution in [2.75, 3.05) is 26.2 Å². The van der Waals surface area contributed by atoms with Gasteiger partial charge in [0, 0.05) is 56.7 Å². The summed E-state index contributed by atoms with van der Waals surface area (Å²) in [4.78, 5) is 37.7. The van der Waals surface area contributed by atoms with Crippen LogP contribution in [0.4, 0.5) is 0 Å². The molecule has 1 N–H and O–H groups in total. The summed E-state index contributed by atoms with van der Waals surface area (Å²) in [5, 5.41) is 3.17. The van der Waals surface area contributed by atoms with Crippen LogP contribution in [0.15, 0.2) is 18.6 Å². The molecule has 0 unspecified atom stereocenters. The Morgan fingerprint density at radius 1 is 1.07 bits per heavy atom. The highest BCUT2D eigenvalue weighted by molar-refractivity contribution is 5.79. The van der Waals surface area contributed by atoms with Crippen LogP contribution in [0, 0.1) is 5.92 Å². The Balaban J connectivity index is 1.21. The van der Waals surface area contributed by atoms with Crippen LogP contribution in [0.2, 0.25) is 0 Å². The standard InChI is InChI=1S/C21H31N5O2/c27-20(6-5-18-14-22-9-10-23-18)25-12-7-19(8-13-25)26-11-1-2-16(15-26)21(28)24-17-3-4-17/h9-10,14,16-17,19H,1-8,11-13,15H2,(H,24,28)/t16-/m1/s1. The summed E-state index contributed by atoms with van der Waals surface area (Å²) in [6, 6.07) is 0.944. The van der Waals surface area contributed by atoms with Gasteiger partial charge in [0.25, 0.3) is 0 Å². The second-order valence-corrected chi connectivity index (χ2v) is 8.43. The zero-order chi connectivity index (χ0) is 19.3. The third kappa shape index (κ3) is 5.07. The Morgan fingerprint density at radius 3 is 2.61 bits per heavy atom. The molecule has 1 saturated carbocycles. The molecule has 0 aromatic carbocycles. The van der Waals surface area contributed by atoms with Crippen molar-refractivity contribution in [3.8, 4) is 0 Å². The molecule has 28 heavy (non-hydrogen) atoms. The van der Waals surface area contributed by atoms with Crippen LogP contribution in [0.25, 0.3) is 0 Å². The minimum atomic E-state index is 0.140. The highest BCUT2D eigenvalue weighted by atomic mass is 16.2. The van der Waals surface area contributed by atoms with Gasteiger partial charge in [-0.25, -0.2) is 0 Å². The van der Waals surface area contributed by atoms with E-state index in [0.717, 1.165) is 70.4 Å². The molecule has 3 fully saturated rings. The van der Waals surface area contributed by atoms with E-state index in [1.807, 2.05) is 4.90 Å². The maximum atomic E-state index is 12.5. The van der Waals surface area contributed by atoms with Gasteiger partial charge in [0.05, 0.1) is 11.6 Å². The van der Waals surface area contributed by atoms with Crippen molar-refractivity contribution in [2.45, 2.75) is 63.5 Å². The Hall–Kier alpha value is -2.02. The minimum Gasteiger partial charge on any atom is -0.353 e. The van der Waals surface area contributed by atoms with E-state index in [0.29, 0.717) is 24.9 Å². The normalized spacial score (nSPS) is 24.1. The molecular formula is C21H31N5O2. The number of rotatable bonds is 6. The highest BCUT2D eigenvalue weighted by Gasteiger charge is 2.34.